The Labute approximate surface area is 119 Å². The van der Waals surface area contributed by atoms with Crippen LogP contribution in [0, 0.1) is 17.5 Å². The van der Waals surface area contributed by atoms with Crippen molar-refractivity contribution in [3.05, 3.63) is 70.0 Å². The molecule has 2 rings (SSSR count). The third-order valence-corrected chi connectivity index (χ3v) is 3.05. The van der Waals surface area contributed by atoms with Gasteiger partial charge in [0, 0.05) is 17.9 Å². The van der Waals surface area contributed by atoms with Crippen LogP contribution >= 0.6 is 11.6 Å². The molecule has 20 heavy (non-hydrogen) atoms. The number of halogens is 4. The van der Waals surface area contributed by atoms with Crippen molar-refractivity contribution in [2.24, 2.45) is 0 Å². The van der Waals surface area contributed by atoms with Crippen molar-refractivity contribution in [2.75, 3.05) is 0 Å². The second-order valence-electron chi connectivity index (χ2n) is 4.34. The maximum atomic E-state index is 13.5. The first kappa shape index (κ1) is 14.6. The van der Waals surface area contributed by atoms with E-state index in [9.17, 15) is 18.0 Å². The summed E-state index contributed by atoms with van der Waals surface area (Å²) in [7, 11) is 0. The number of Topliss-reactive ketones (excluding diaryl/α,β-unsaturated/α-hetero) is 1. The molecule has 0 saturated heterocycles. The highest BCUT2D eigenvalue weighted by atomic mass is 35.5. The molecule has 0 aliphatic heterocycles. The first-order valence-electron chi connectivity index (χ1n) is 5.86. The summed E-state index contributed by atoms with van der Waals surface area (Å²) in [4.78, 5) is 11.8. The van der Waals surface area contributed by atoms with E-state index < -0.39 is 23.2 Å². The molecule has 5 heteroatoms. The molecule has 104 valence electrons. The Bertz CT molecular complexity index is 650. The van der Waals surface area contributed by atoms with E-state index >= 15 is 0 Å². The molecule has 0 amide bonds. The van der Waals surface area contributed by atoms with Gasteiger partial charge in [0.25, 0.3) is 0 Å². The highest BCUT2D eigenvalue weighted by molar-refractivity contribution is 6.30. The van der Waals surface area contributed by atoms with Gasteiger partial charge >= 0.3 is 0 Å². The van der Waals surface area contributed by atoms with Crippen LogP contribution in [0.1, 0.15) is 11.1 Å². The minimum atomic E-state index is -1.05. The minimum Gasteiger partial charge on any atom is -0.299 e. The molecule has 2 aromatic carbocycles. The molecule has 0 radical (unpaired) electrons. The van der Waals surface area contributed by atoms with E-state index in [0.717, 1.165) is 12.1 Å². The molecule has 0 atom stereocenters. The lowest BCUT2D eigenvalue weighted by Crippen LogP contribution is -2.09. The first-order valence-corrected chi connectivity index (χ1v) is 6.23. The van der Waals surface area contributed by atoms with Crippen molar-refractivity contribution >= 4 is 17.4 Å². The van der Waals surface area contributed by atoms with E-state index in [-0.39, 0.29) is 24.0 Å². The third-order valence-electron chi connectivity index (χ3n) is 2.81. The summed E-state index contributed by atoms with van der Waals surface area (Å²) in [6.07, 6.45) is -0.516. The minimum absolute atomic E-state index is 0.0440. The molecule has 0 N–H and O–H groups in total. The van der Waals surface area contributed by atoms with Crippen molar-refractivity contribution < 1.29 is 18.0 Å². The largest absolute Gasteiger partial charge is 0.299 e. The van der Waals surface area contributed by atoms with Crippen LogP contribution in [0.3, 0.4) is 0 Å². The van der Waals surface area contributed by atoms with Gasteiger partial charge in [-0.3, -0.25) is 4.79 Å². The molecule has 0 bridgehead atoms. The number of hydrogen-bond acceptors (Lipinski definition) is 1. The fourth-order valence-corrected chi connectivity index (χ4v) is 2.05. The monoisotopic (exact) mass is 298 g/mol. The standard InChI is InChI=1S/C15H10ClF3O/c16-11-4-5-13(17)10(6-11)8-12(20)7-9-2-1-3-14(18)15(9)19/h1-6H,7-8H2. The lowest BCUT2D eigenvalue weighted by molar-refractivity contribution is -0.117. The number of ketones is 1. The molecular formula is C15H10ClF3O. The third kappa shape index (κ3) is 3.39. The van der Waals surface area contributed by atoms with Gasteiger partial charge in [0.15, 0.2) is 11.6 Å². The number of hydrogen-bond donors (Lipinski definition) is 0. The topological polar surface area (TPSA) is 17.1 Å². The van der Waals surface area contributed by atoms with Gasteiger partial charge in [0.1, 0.15) is 11.6 Å². The zero-order chi connectivity index (χ0) is 14.7. The Morgan fingerprint density at radius 2 is 1.65 bits per heavy atom. The van der Waals surface area contributed by atoms with Gasteiger partial charge < -0.3 is 0 Å². The van der Waals surface area contributed by atoms with Crippen molar-refractivity contribution in [1.82, 2.24) is 0 Å². The molecule has 1 nitrogen and oxygen atoms in total. The normalized spacial score (nSPS) is 10.6. The molecule has 0 aromatic heterocycles. The number of carbonyl (C=O) groups excluding carboxylic acids is 1. The molecule has 0 saturated carbocycles. The molecule has 0 spiro atoms. The van der Waals surface area contributed by atoms with Crippen LogP contribution < -0.4 is 0 Å². The van der Waals surface area contributed by atoms with Crippen molar-refractivity contribution in [2.45, 2.75) is 12.8 Å². The summed E-state index contributed by atoms with van der Waals surface area (Å²) in [6.45, 7) is 0. The Hall–Kier alpha value is -1.81. The van der Waals surface area contributed by atoms with Gasteiger partial charge in [0.2, 0.25) is 0 Å². The number of rotatable bonds is 4. The maximum absolute atomic E-state index is 13.5. The SMILES string of the molecule is O=C(Cc1cc(Cl)ccc1F)Cc1cccc(F)c1F. The lowest BCUT2D eigenvalue weighted by atomic mass is 10.0. The Morgan fingerprint density at radius 3 is 2.40 bits per heavy atom. The van der Waals surface area contributed by atoms with Gasteiger partial charge in [0.05, 0.1) is 0 Å². The smallest absolute Gasteiger partial charge is 0.162 e. The van der Waals surface area contributed by atoms with Crippen LogP contribution in [-0.2, 0) is 17.6 Å². The van der Waals surface area contributed by atoms with Crippen LogP contribution in [0.25, 0.3) is 0 Å². The van der Waals surface area contributed by atoms with Crippen molar-refractivity contribution in [3.8, 4) is 0 Å². The highest BCUT2D eigenvalue weighted by Gasteiger charge is 2.14. The van der Waals surface area contributed by atoms with Crippen LogP contribution in [0.4, 0.5) is 13.2 Å². The van der Waals surface area contributed by atoms with Gasteiger partial charge in [-0.25, -0.2) is 13.2 Å². The quantitative estimate of drug-likeness (QED) is 0.830. The summed E-state index contributed by atoms with van der Waals surface area (Å²) >= 11 is 5.72. The second-order valence-corrected chi connectivity index (χ2v) is 4.78. The Balaban J connectivity index is 2.13. The Morgan fingerprint density at radius 1 is 0.950 bits per heavy atom. The fraction of sp³-hybridized carbons (Fsp3) is 0.133. The molecular weight excluding hydrogens is 289 g/mol. The summed E-state index contributed by atoms with van der Waals surface area (Å²) in [5.74, 6) is -3.03. The molecule has 0 aliphatic rings. The first-order chi connectivity index (χ1) is 9.47. The summed E-state index contributed by atoms with van der Waals surface area (Å²) in [5, 5.41) is 0.311. The Kier molecular flexibility index (Phi) is 4.45. The number of carbonyl (C=O) groups is 1. The van der Waals surface area contributed by atoms with Crippen LogP contribution in [0.5, 0.6) is 0 Å². The molecule has 0 unspecified atom stereocenters. The number of benzene rings is 2. The molecule has 0 fully saturated rings. The van der Waals surface area contributed by atoms with Gasteiger partial charge in [-0.05, 0) is 35.4 Å². The molecule has 0 heterocycles. The highest BCUT2D eigenvalue weighted by Crippen LogP contribution is 2.17. The van der Waals surface area contributed by atoms with E-state index in [1.54, 1.807) is 0 Å². The van der Waals surface area contributed by atoms with Crippen LogP contribution in [0.15, 0.2) is 36.4 Å². The van der Waals surface area contributed by atoms with Crippen LogP contribution in [0.2, 0.25) is 5.02 Å². The summed E-state index contributed by atoms with van der Waals surface area (Å²) < 4.78 is 39.9. The van der Waals surface area contributed by atoms with Gasteiger partial charge in [-0.2, -0.15) is 0 Å². The van der Waals surface area contributed by atoms with Gasteiger partial charge in [-0.1, -0.05) is 23.7 Å². The van der Waals surface area contributed by atoms with Crippen molar-refractivity contribution in [1.29, 1.82) is 0 Å². The lowest BCUT2D eigenvalue weighted by Gasteiger charge is -2.05. The van der Waals surface area contributed by atoms with E-state index in [1.165, 1.54) is 24.3 Å². The maximum Gasteiger partial charge on any atom is 0.162 e. The average Bonchev–Trinajstić information content (AvgIpc) is 2.39. The van der Waals surface area contributed by atoms with E-state index in [1.807, 2.05) is 0 Å². The predicted octanol–water partition coefficient (Wildman–Crippen LogP) is 4.11. The van der Waals surface area contributed by atoms with E-state index in [0.29, 0.717) is 5.02 Å². The zero-order valence-corrected chi connectivity index (χ0v) is 11.1. The zero-order valence-electron chi connectivity index (χ0n) is 10.3. The predicted molar refractivity (Wildman–Crippen MR) is 70.2 cm³/mol. The summed E-state index contributed by atoms with van der Waals surface area (Å²) in [6, 6.07) is 7.49. The van der Waals surface area contributed by atoms with E-state index in [4.69, 9.17) is 11.6 Å². The molecule has 0 aliphatic carbocycles. The van der Waals surface area contributed by atoms with Crippen molar-refractivity contribution in [3.63, 3.8) is 0 Å². The fourth-order valence-electron chi connectivity index (χ4n) is 1.85. The van der Waals surface area contributed by atoms with E-state index in [2.05, 4.69) is 0 Å². The average molecular weight is 299 g/mol. The summed E-state index contributed by atoms with van der Waals surface area (Å²) in [5.41, 5.74) is 0.0942. The second kappa shape index (κ2) is 6.09. The molecule has 2 aromatic rings. The van der Waals surface area contributed by atoms with Gasteiger partial charge in [-0.15, -0.1) is 0 Å². The van der Waals surface area contributed by atoms with Crippen LogP contribution in [-0.4, -0.2) is 5.78 Å².